The van der Waals surface area contributed by atoms with Crippen LogP contribution in [0.15, 0.2) is 18.7 Å². The molecule has 0 saturated heterocycles. The highest BCUT2D eigenvalue weighted by molar-refractivity contribution is 7.59. The van der Waals surface area contributed by atoms with Crippen LogP contribution in [0.25, 0.3) is 0 Å². The molecule has 1 aromatic rings. The van der Waals surface area contributed by atoms with Gasteiger partial charge in [0.1, 0.15) is 6.33 Å². The van der Waals surface area contributed by atoms with Crippen LogP contribution in [0, 0.1) is 0 Å². The topological polar surface area (TPSA) is 34.9 Å². The van der Waals surface area contributed by atoms with Crippen LogP contribution in [0.2, 0.25) is 0 Å². The van der Waals surface area contributed by atoms with Gasteiger partial charge in [0.2, 0.25) is 6.41 Å². The van der Waals surface area contributed by atoms with Gasteiger partial charge in [-0.15, -0.1) is 0 Å². The van der Waals surface area contributed by atoms with Crippen LogP contribution in [0.3, 0.4) is 0 Å². The number of hydrogen-bond donors (Lipinski definition) is 0. The summed E-state index contributed by atoms with van der Waals surface area (Å²) in [5.74, 6) is 0. The number of carbonyl (C=O) groups is 1. The Morgan fingerprint density at radius 3 is 2.62 bits per heavy atom. The third kappa shape index (κ3) is 1.38. The van der Waals surface area contributed by atoms with Gasteiger partial charge in [0, 0.05) is 12.4 Å². The molecular formula is C4H6N2OS. The van der Waals surface area contributed by atoms with E-state index in [9.17, 15) is 4.79 Å². The molecule has 0 fully saturated rings. The molecule has 0 aliphatic carbocycles. The lowest BCUT2D eigenvalue weighted by atomic mass is 10.9. The van der Waals surface area contributed by atoms with Gasteiger partial charge in [-0.1, -0.05) is 0 Å². The maximum absolute atomic E-state index is 9.79. The first-order chi connectivity index (χ1) is 3.43. The van der Waals surface area contributed by atoms with E-state index < -0.39 is 0 Å². The summed E-state index contributed by atoms with van der Waals surface area (Å²) >= 11 is 0. The van der Waals surface area contributed by atoms with E-state index in [4.69, 9.17) is 0 Å². The van der Waals surface area contributed by atoms with Crippen LogP contribution in [0.5, 0.6) is 0 Å². The maximum Gasteiger partial charge on any atom is 0.218 e. The Hall–Kier alpha value is -0.770. The molecule has 0 radical (unpaired) electrons. The minimum Gasteiger partial charge on any atom is -0.279 e. The molecule has 0 saturated carbocycles. The molecule has 1 heterocycles. The normalized spacial score (nSPS) is 7.50. The van der Waals surface area contributed by atoms with Gasteiger partial charge in [-0.3, -0.25) is 9.36 Å². The number of hydrogen-bond acceptors (Lipinski definition) is 2. The standard InChI is InChI=1S/C4H4N2O.H2S/c7-4-6-2-1-5-3-6;/h1-4H;1H2. The van der Waals surface area contributed by atoms with Gasteiger partial charge in [-0.2, -0.15) is 13.5 Å². The summed E-state index contributed by atoms with van der Waals surface area (Å²) in [7, 11) is 0. The largest absolute Gasteiger partial charge is 0.279 e. The lowest BCUT2D eigenvalue weighted by molar-refractivity contribution is 0.547. The SMILES string of the molecule is O=Cn1ccnc1.S. The lowest BCUT2D eigenvalue weighted by Crippen LogP contribution is -1.86. The van der Waals surface area contributed by atoms with E-state index in [2.05, 4.69) is 4.98 Å². The summed E-state index contributed by atoms with van der Waals surface area (Å²) in [4.78, 5) is 13.4. The number of imidazole rings is 1. The van der Waals surface area contributed by atoms with Crippen molar-refractivity contribution in [3.63, 3.8) is 0 Å². The molecule has 1 aromatic heterocycles. The summed E-state index contributed by atoms with van der Waals surface area (Å²) in [6, 6.07) is 0. The van der Waals surface area contributed by atoms with E-state index in [1.165, 1.54) is 10.9 Å². The lowest BCUT2D eigenvalue weighted by Gasteiger charge is -1.75. The fraction of sp³-hybridized carbons (Fsp3) is 0. The summed E-state index contributed by atoms with van der Waals surface area (Å²) in [5.41, 5.74) is 0. The van der Waals surface area contributed by atoms with E-state index in [-0.39, 0.29) is 13.5 Å². The van der Waals surface area contributed by atoms with Gasteiger partial charge in [0.05, 0.1) is 0 Å². The zero-order chi connectivity index (χ0) is 5.11. The van der Waals surface area contributed by atoms with Crippen molar-refractivity contribution in [2.24, 2.45) is 0 Å². The number of aromatic nitrogens is 2. The molecule has 8 heavy (non-hydrogen) atoms. The highest BCUT2D eigenvalue weighted by Gasteiger charge is 1.76. The van der Waals surface area contributed by atoms with Crippen molar-refractivity contribution in [3.05, 3.63) is 18.7 Å². The third-order valence-corrected chi connectivity index (χ3v) is 0.647. The van der Waals surface area contributed by atoms with Crippen molar-refractivity contribution in [2.75, 3.05) is 0 Å². The molecule has 0 unspecified atom stereocenters. The first kappa shape index (κ1) is 7.23. The first-order valence-corrected chi connectivity index (χ1v) is 1.86. The van der Waals surface area contributed by atoms with Crippen LogP contribution in [0.4, 0.5) is 0 Å². The van der Waals surface area contributed by atoms with E-state index >= 15 is 0 Å². The Labute approximate surface area is 53.8 Å². The Balaban J connectivity index is 0.000000490. The molecular weight excluding hydrogens is 124 g/mol. The Kier molecular flexibility index (Phi) is 2.95. The second-order valence-electron chi connectivity index (χ2n) is 1.12. The van der Waals surface area contributed by atoms with E-state index in [0.29, 0.717) is 6.41 Å². The Morgan fingerprint density at radius 1 is 1.62 bits per heavy atom. The third-order valence-electron chi connectivity index (χ3n) is 0.647. The molecule has 44 valence electrons. The average Bonchev–Trinajstić information content (AvgIpc) is 2.14. The zero-order valence-electron chi connectivity index (χ0n) is 4.11. The van der Waals surface area contributed by atoms with E-state index in [1.807, 2.05) is 0 Å². The van der Waals surface area contributed by atoms with Gasteiger partial charge in [-0.25, -0.2) is 4.98 Å². The van der Waals surface area contributed by atoms with Crippen molar-refractivity contribution in [2.45, 2.75) is 0 Å². The summed E-state index contributed by atoms with van der Waals surface area (Å²) in [5, 5.41) is 0. The van der Waals surface area contributed by atoms with Crippen LogP contribution >= 0.6 is 13.5 Å². The van der Waals surface area contributed by atoms with Gasteiger partial charge in [0.15, 0.2) is 0 Å². The quantitative estimate of drug-likeness (QED) is 0.503. The van der Waals surface area contributed by atoms with Gasteiger partial charge in [-0.05, 0) is 0 Å². The molecule has 0 aromatic carbocycles. The van der Waals surface area contributed by atoms with Gasteiger partial charge < -0.3 is 0 Å². The van der Waals surface area contributed by atoms with Gasteiger partial charge >= 0.3 is 0 Å². The van der Waals surface area contributed by atoms with Crippen LogP contribution in [-0.4, -0.2) is 16.0 Å². The zero-order valence-corrected chi connectivity index (χ0v) is 5.11. The molecule has 0 aliphatic rings. The number of carbonyl (C=O) groups excluding carboxylic acids is 1. The van der Waals surface area contributed by atoms with Crippen molar-refractivity contribution in [1.82, 2.24) is 9.55 Å². The van der Waals surface area contributed by atoms with Crippen LogP contribution in [0.1, 0.15) is 0 Å². The molecule has 4 heteroatoms. The van der Waals surface area contributed by atoms with Crippen molar-refractivity contribution >= 4 is 19.9 Å². The predicted molar refractivity (Wildman–Crippen MR) is 34.8 cm³/mol. The van der Waals surface area contributed by atoms with Crippen molar-refractivity contribution in [1.29, 1.82) is 0 Å². The summed E-state index contributed by atoms with van der Waals surface area (Å²) < 4.78 is 1.33. The molecule has 0 aliphatic heterocycles. The smallest absolute Gasteiger partial charge is 0.218 e. The Bertz CT molecular complexity index is 149. The van der Waals surface area contributed by atoms with E-state index in [1.54, 1.807) is 12.4 Å². The number of nitrogens with zero attached hydrogens (tertiary/aromatic N) is 2. The predicted octanol–water partition coefficient (Wildman–Crippen LogP) is 0.0342. The van der Waals surface area contributed by atoms with Crippen molar-refractivity contribution < 1.29 is 4.79 Å². The number of rotatable bonds is 1. The monoisotopic (exact) mass is 130 g/mol. The molecule has 0 bridgehead atoms. The molecule has 0 spiro atoms. The molecule has 0 N–H and O–H groups in total. The molecule has 0 amide bonds. The van der Waals surface area contributed by atoms with Crippen LogP contribution < -0.4 is 0 Å². The minimum atomic E-state index is 0. The fourth-order valence-electron chi connectivity index (χ4n) is 0.332. The first-order valence-electron chi connectivity index (χ1n) is 1.86. The van der Waals surface area contributed by atoms with Crippen LogP contribution in [-0.2, 0) is 4.79 Å². The second-order valence-corrected chi connectivity index (χ2v) is 1.12. The van der Waals surface area contributed by atoms with Gasteiger partial charge in [0.25, 0.3) is 0 Å². The molecule has 0 atom stereocenters. The highest BCUT2D eigenvalue weighted by atomic mass is 32.1. The summed E-state index contributed by atoms with van der Waals surface area (Å²) in [6.45, 7) is 0. The maximum atomic E-state index is 9.79. The Morgan fingerprint density at radius 2 is 2.38 bits per heavy atom. The minimum absolute atomic E-state index is 0. The average molecular weight is 130 g/mol. The van der Waals surface area contributed by atoms with E-state index in [0.717, 1.165) is 0 Å². The van der Waals surface area contributed by atoms with Crippen molar-refractivity contribution in [3.8, 4) is 0 Å². The highest BCUT2D eigenvalue weighted by Crippen LogP contribution is 1.74. The molecule has 1 rings (SSSR count). The summed E-state index contributed by atoms with van der Waals surface area (Å²) in [6.07, 6.45) is 5.25. The molecule has 3 nitrogen and oxygen atoms in total. The fourth-order valence-corrected chi connectivity index (χ4v) is 0.332. The second kappa shape index (κ2) is 3.26.